The average molecular weight is 695 g/mol. The lowest BCUT2D eigenvalue weighted by Gasteiger charge is -2.40. The van der Waals surface area contributed by atoms with Crippen molar-refractivity contribution in [1.82, 2.24) is 15.5 Å². The maximum Gasteiger partial charge on any atom is 0.314 e. The van der Waals surface area contributed by atoms with Crippen LogP contribution in [0.25, 0.3) is 0 Å². The Labute approximate surface area is 284 Å². The Kier molecular flexibility index (Phi) is 12.2. The molecule has 1 saturated heterocycles. The Morgan fingerprint density at radius 2 is 1.55 bits per heavy atom. The van der Waals surface area contributed by atoms with Crippen molar-refractivity contribution < 1.29 is 35.1 Å². The van der Waals surface area contributed by atoms with Gasteiger partial charge in [-0.1, -0.05) is 35.3 Å². The third-order valence-electron chi connectivity index (χ3n) is 9.24. The van der Waals surface area contributed by atoms with E-state index >= 15 is 0 Å². The van der Waals surface area contributed by atoms with Crippen LogP contribution in [0.2, 0.25) is 10.0 Å². The van der Waals surface area contributed by atoms with Crippen molar-refractivity contribution in [2.24, 2.45) is 0 Å². The summed E-state index contributed by atoms with van der Waals surface area (Å²) in [6.45, 7) is 1.97. The standard InChI is InChI=1S/C33H45Cl2N5O7/c34-23-16-21(24(35)15-20(23)5-3-11-36-33(47)37-17-28(42)30(44)31(45)29(43)19-41)18-38-12-4-8-27(38)32(46)40-14-13-39(22-9-10-22)25-6-1-2-7-26(25)40/h1-2,6-7,15-16,22,27-31,41-45H,3-5,8-14,17-19H2,(H2,36,37,47)/t27-,28-,29+,30+,31+/m0/s1. The molecule has 2 fully saturated rings. The first kappa shape index (κ1) is 35.6. The summed E-state index contributed by atoms with van der Waals surface area (Å²) >= 11 is 13.4. The molecule has 7 N–H and O–H groups in total. The summed E-state index contributed by atoms with van der Waals surface area (Å²) in [4.78, 5) is 32.7. The number of aryl methyl sites for hydroxylation is 1. The summed E-state index contributed by atoms with van der Waals surface area (Å²) in [5, 5.41) is 53.9. The quantitative estimate of drug-likeness (QED) is 0.146. The van der Waals surface area contributed by atoms with Crippen molar-refractivity contribution in [3.05, 3.63) is 57.6 Å². The van der Waals surface area contributed by atoms with Crippen molar-refractivity contribution in [2.75, 3.05) is 49.1 Å². The number of amides is 3. The highest BCUT2D eigenvalue weighted by Gasteiger charge is 2.39. The molecule has 0 spiro atoms. The molecular formula is C33H45Cl2N5O7. The molecule has 47 heavy (non-hydrogen) atoms. The van der Waals surface area contributed by atoms with Gasteiger partial charge in [0.1, 0.15) is 18.3 Å². The fraction of sp³-hybridized carbons (Fsp3) is 0.576. The number of nitrogens with one attached hydrogen (secondary N) is 2. The molecule has 2 aromatic carbocycles. The summed E-state index contributed by atoms with van der Waals surface area (Å²) in [6, 6.07) is 11.7. The van der Waals surface area contributed by atoms with E-state index in [1.165, 1.54) is 12.8 Å². The molecule has 12 nitrogen and oxygen atoms in total. The lowest BCUT2D eigenvalue weighted by molar-refractivity contribution is -0.123. The minimum absolute atomic E-state index is 0.129. The maximum atomic E-state index is 13.9. The van der Waals surface area contributed by atoms with E-state index in [4.69, 9.17) is 28.3 Å². The number of hydrogen-bond donors (Lipinski definition) is 7. The number of aliphatic hydroxyl groups is 5. The zero-order valence-electron chi connectivity index (χ0n) is 26.3. The predicted molar refractivity (Wildman–Crippen MR) is 180 cm³/mol. The minimum atomic E-state index is -1.77. The first-order chi connectivity index (χ1) is 22.6. The van der Waals surface area contributed by atoms with Gasteiger partial charge in [-0.25, -0.2) is 4.79 Å². The number of halogens is 2. The van der Waals surface area contributed by atoms with Crippen molar-refractivity contribution in [2.45, 2.75) is 81.6 Å². The number of urea groups is 1. The summed E-state index contributed by atoms with van der Waals surface area (Å²) in [6.07, 6.45) is -1.46. The number of carbonyl (C=O) groups is 2. The van der Waals surface area contributed by atoms with Crippen LogP contribution >= 0.6 is 23.2 Å². The van der Waals surface area contributed by atoms with Gasteiger partial charge in [0.15, 0.2) is 0 Å². The fourth-order valence-corrected chi connectivity index (χ4v) is 6.97. The Hall–Kier alpha value is -2.68. The summed E-state index contributed by atoms with van der Waals surface area (Å²) in [5.41, 5.74) is 3.82. The molecule has 3 amide bonds. The zero-order valence-corrected chi connectivity index (χ0v) is 27.8. The van der Waals surface area contributed by atoms with Gasteiger partial charge in [0.2, 0.25) is 5.91 Å². The smallest absolute Gasteiger partial charge is 0.314 e. The van der Waals surface area contributed by atoms with Crippen LogP contribution in [0.5, 0.6) is 0 Å². The number of fused-ring (bicyclic) bond motifs is 1. The second-order valence-electron chi connectivity index (χ2n) is 12.6. The number of anilines is 2. The van der Waals surface area contributed by atoms with E-state index < -0.39 is 37.1 Å². The Balaban J connectivity index is 1.10. The molecule has 14 heteroatoms. The SMILES string of the molecule is O=C(NCCCc1cc(Cl)c(CN2CCC[C@H]2C(=O)N2CCN(C3CC3)c3ccccc32)cc1Cl)NC[C@H](O)[C@@H](O)[C@H](O)[C@H](O)CO. The van der Waals surface area contributed by atoms with E-state index in [0.29, 0.717) is 48.6 Å². The lowest BCUT2D eigenvalue weighted by Crippen LogP contribution is -2.51. The van der Waals surface area contributed by atoms with Gasteiger partial charge < -0.3 is 46.0 Å². The monoisotopic (exact) mass is 693 g/mol. The van der Waals surface area contributed by atoms with E-state index in [1.807, 2.05) is 29.2 Å². The molecule has 258 valence electrons. The number of hydrogen-bond acceptors (Lipinski definition) is 9. The van der Waals surface area contributed by atoms with Crippen molar-refractivity contribution in [1.29, 1.82) is 0 Å². The van der Waals surface area contributed by atoms with Gasteiger partial charge >= 0.3 is 6.03 Å². The highest BCUT2D eigenvalue weighted by Crippen LogP contribution is 2.41. The predicted octanol–water partition coefficient (Wildman–Crippen LogP) is 1.64. The number of rotatable bonds is 14. The van der Waals surface area contributed by atoms with Crippen LogP contribution in [-0.2, 0) is 17.8 Å². The van der Waals surface area contributed by atoms with Crippen molar-refractivity contribution >= 4 is 46.5 Å². The van der Waals surface area contributed by atoms with E-state index in [1.54, 1.807) is 0 Å². The van der Waals surface area contributed by atoms with E-state index in [0.717, 1.165) is 48.4 Å². The maximum absolute atomic E-state index is 13.9. The summed E-state index contributed by atoms with van der Waals surface area (Å²) < 4.78 is 0. The number of aliphatic hydroxyl groups excluding tert-OH is 5. The molecule has 2 aromatic rings. The van der Waals surface area contributed by atoms with Gasteiger partial charge in [-0.15, -0.1) is 0 Å². The van der Waals surface area contributed by atoms with E-state index in [9.17, 15) is 30.0 Å². The van der Waals surface area contributed by atoms with Gasteiger partial charge in [0.05, 0.1) is 30.1 Å². The van der Waals surface area contributed by atoms with Crippen LogP contribution in [0.3, 0.4) is 0 Å². The highest BCUT2D eigenvalue weighted by atomic mass is 35.5. The van der Waals surface area contributed by atoms with Gasteiger partial charge in [-0.2, -0.15) is 0 Å². The molecule has 3 aliphatic rings. The normalized spacial score (nSPS) is 20.8. The van der Waals surface area contributed by atoms with Crippen molar-refractivity contribution in [3.8, 4) is 0 Å². The molecule has 1 aliphatic carbocycles. The number of likely N-dealkylation sites (tertiary alicyclic amines) is 1. The van der Waals surface area contributed by atoms with Crippen LogP contribution < -0.4 is 20.4 Å². The number of para-hydroxylation sites is 2. The molecule has 2 aliphatic heterocycles. The first-order valence-electron chi connectivity index (χ1n) is 16.3. The zero-order chi connectivity index (χ0) is 33.7. The molecule has 1 saturated carbocycles. The molecule has 0 aromatic heterocycles. The van der Waals surface area contributed by atoms with Crippen LogP contribution in [0.1, 0.15) is 43.2 Å². The summed E-state index contributed by atoms with van der Waals surface area (Å²) in [5.74, 6) is 0.129. The largest absolute Gasteiger partial charge is 0.394 e. The Morgan fingerprint density at radius 1 is 0.872 bits per heavy atom. The second-order valence-corrected chi connectivity index (χ2v) is 13.4. The lowest BCUT2D eigenvalue weighted by atomic mass is 10.0. The average Bonchev–Trinajstić information content (AvgIpc) is 3.82. The van der Waals surface area contributed by atoms with Crippen LogP contribution in [0, 0.1) is 0 Å². The Morgan fingerprint density at radius 3 is 2.28 bits per heavy atom. The van der Waals surface area contributed by atoms with E-state index in [-0.39, 0.29) is 18.5 Å². The molecule has 0 radical (unpaired) electrons. The molecule has 0 unspecified atom stereocenters. The molecular weight excluding hydrogens is 649 g/mol. The second kappa shape index (κ2) is 16.1. The third kappa shape index (κ3) is 8.68. The van der Waals surface area contributed by atoms with Gasteiger partial charge in [-0.05, 0) is 80.5 Å². The highest BCUT2D eigenvalue weighted by molar-refractivity contribution is 6.34. The Bertz CT molecular complexity index is 1400. The molecule has 2 heterocycles. The van der Waals surface area contributed by atoms with E-state index in [2.05, 4.69) is 32.6 Å². The fourth-order valence-electron chi connectivity index (χ4n) is 6.44. The first-order valence-corrected chi connectivity index (χ1v) is 17.1. The van der Waals surface area contributed by atoms with Crippen LogP contribution in [-0.4, -0.2) is 118 Å². The van der Waals surface area contributed by atoms with Gasteiger partial charge in [0, 0.05) is 48.8 Å². The summed E-state index contributed by atoms with van der Waals surface area (Å²) in [7, 11) is 0. The topological polar surface area (TPSA) is 169 Å². The minimum Gasteiger partial charge on any atom is -0.394 e. The van der Waals surface area contributed by atoms with Crippen LogP contribution in [0.4, 0.5) is 16.2 Å². The third-order valence-corrected chi connectivity index (χ3v) is 9.95. The van der Waals surface area contributed by atoms with Gasteiger partial charge in [0.25, 0.3) is 0 Å². The molecule has 5 rings (SSSR count). The number of nitrogens with zero attached hydrogens (tertiary/aromatic N) is 3. The molecule has 0 bridgehead atoms. The number of benzene rings is 2. The van der Waals surface area contributed by atoms with Gasteiger partial charge in [-0.3, -0.25) is 9.69 Å². The van der Waals surface area contributed by atoms with Crippen molar-refractivity contribution in [3.63, 3.8) is 0 Å². The van der Waals surface area contributed by atoms with Crippen LogP contribution in [0.15, 0.2) is 36.4 Å². The number of carbonyl (C=O) groups excluding carboxylic acids is 2. The molecule has 5 atom stereocenters.